The summed E-state index contributed by atoms with van der Waals surface area (Å²) in [5.41, 5.74) is -3.72. The normalized spacial score (nSPS) is 11.2. The van der Waals surface area contributed by atoms with Gasteiger partial charge in [-0.15, -0.1) is 0 Å². The topological polar surface area (TPSA) is 46.1 Å². The zero-order valence-electron chi connectivity index (χ0n) is 20.6. The van der Waals surface area contributed by atoms with Crippen molar-refractivity contribution >= 4 is 33.7 Å². The molecule has 0 saturated carbocycles. The average Bonchev–Trinajstić information content (AvgIpc) is 2.75. The third-order valence-electron chi connectivity index (χ3n) is 5.57. The molecule has 0 N–H and O–H groups in total. The van der Waals surface area contributed by atoms with E-state index in [-0.39, 0.29) is 0 Å². The Kier molecular flexibility index (Phi) is 24.2. The molecule has 0 bridgehead atoms. The number of rotatable bonds is 19. The molecule has 6 heteroatoms. The van der Waals surface area contributed by atoms with Crippen molar-refractivity contribution in [2.75, 3.05) is 0 Å². The Bertz CT molecular complexity index is 526. The molecular formula is C26H47MoO2PS2. The summed E-state index contributed by atoms with van der Waals surface area (Å²) in [7, 11) is 0. The number of hydrogen-bond donors (Lipinski definition) is 0. The minimum atomic E-state index is -3.72. The second-order valence-corrected chi connectivity index (χ2v) is 18.7. The Morgan fingerprint density at radius 3 is 1.31 bits per heavy atom. The molecule has 0 saturated heterocycles. The van der Waals surface area contributed by atoms with Gasteiger partial charge in [0.15, 0.2) is 0 Å². The molecule has 1 aromatic carbocycles. The Morgan fingerprint density at radius 1 is 0.656 bits per heavy atom. The molecule has 0 aliphatic carbocycles. The fourth-order valence-electron chi connectivity index (χ4n) is 3.77. The maximum absolute atomic E-state index is 9.29. The first-order valence-corrected chi connectivity index (χ1v) is 20.3. The zero-order valence-corrected chi connectivity index (χ0v) is 25.1. The van der Waals surface area contributed by atoms with E-state index in [4.69, 9.17) is 0 Å². The summed E-state index contributed by atoms with van der Waals surface area (Å²) < 4.78 is 1.76. The van der Waals surface area contributed by atoms with E-state index in [2.05, 4.69) is 68.2 Å². The van der Waals surface area contributed by atoms with Crippen LogP contribution in [-0.4, -0.2) is 0 Å². The van der Waals surface area contributed by atoms with Crippen LogP contribution in [0.5, 0.6) is 0 Å². The molecule has 1 rings (SSSR count). The minimum absolute atomic E-state index is 1.07. The van der Waals surface area contributed by atoms with Crippen LogP contribution < -0.4 is 13.7 Å². The molecule has 0 aliphatic heterocycles. The molecule has 0 spiro atoms. The molecule has 0 heterocycles. The second kappa shape index (κ2) is 23.6. The van der Waals surface area contributed by atoms with Gasteiger partial charge in [0.2, 0.25) is 0 Å². The second-order valence-electron chi connectivity index (χ2n) is 8.61. The van der Waals surface area contributed by atoms with E-state index in [0.717, 1.165) is 0 Å². The average molecular weight is 583 g/mol. The standard InChI is InChI=1S/2C10H21.C6H5.Mo.H3O2PS2/c2*1-3-5-7-9-10-8-6-4-2;1-2-4-6-5-3-1;;1-3(2,4)5/h2*1,3-10H2,2H3;1-5H;;(H3,1,2,4,5)/q;;;+3;/p-3. The maximum Gasteiger partial charge on any atom is -0.160 e. The SMILES string of the molecule is CCCCCCCCC[CH2][Mo+3]([CH2]CCCCCCCCC)[c]1ccccc1.[O-]P([O-])(=S)[S-]. The van der Waals surface area contributed by atoms with E-state index in [1.165, 1.54) is 103 Å². The van der Waals surface area contributed by atoms with Crippen molar-refractivity contribution in [2.24, 2.45) is 0 Å². The van der Waals surface area contributed by atoms with Gasteiger partial charge >= 0.3 is 178 Å². The van der Waals surface area contributed by atoms with Crippen LogP contribution in [0.1, 0.15) is 117 Å². The molecule has 0 amide bonds. The van der Waals surface area contributed by atoms with Gasteiger partial charge in [-0.25, -0.2) is 0 Å². The van der Waals surface area contributed by atoms with Crippen LogP contribution in [0.3, 0.4) is 0 Å². The van der Waals surface area contributed by atoms with Crippen molar-refractivity contribution in [2.45, 2.75) is 126 Å². The fourth-order valence-corrected chi connectivity index (χ4v) is 9.48. The van der Waals surface area contributed by atoms with E-state index < -0.39 is 23.0 Å². The quantitative estimate of drug-likeness (QED) is 0.0733. The number of hydrogen-bond acceptors (Lipinski definition) is 4. The van der Waals surface area contributed by atoms with Crippen molar-refractivity contribution in [3.8, 4) is 0 Å². The fraction of sp³-hybridized carbons (Fsp3) is 0.769. The van der Waals surface area contributed by atoms with Crippen LogP contribution in [0.15, 0.2) is 30.3 Å². The van der Waals surface area contributed by atoms with Gasteiger partial charge in [0, 0.05) is 0 Å². The third-order valence-corrected chi connectivity index (χ3v) is 11.7. The van der Waals surface area contributed by atoms with Crippen molar-refractivity contribution in [3.63, 3.8) is 0 Å². The summed E-state index contributed by atoms with van der Waals surface area (Å²) in [6.07, 6.45) is 23.3. The molecule has 0 atom stereocenters. The predicted molar refractivity (Wildman–Crippen MR) is 143 cm³/mol. The van der Waals surface area contributed by atoms with Gasteiger partial charge < -0.3 is 27.7 Å². The van der Waals surface area contributed by atoms with Crippen molar-refractivity contribution in [1.82, 2.24) is 0 Å². The maximum atomic E-state index is 9.29. The first-order valence-electron chi connectivity index (χ1n) is 12.8. The molecule has 2 nitrogen and oxygen atoms in total. The van der Waals surface area contributed by atoms with Gasteiger partial charge in [0.25, 0.3) is 0 Å². The Hall–Kier alpha value is 0.828. The molecule has 1 aromatic rings. The van der Waals surface area contributed by atoms with Crippen LogP contribution in [0.25, 0.3) is 0 Å². The number of unbranched alkanes of at least 4 members (excludes halogenated alkanes) is 14. The summed E-state index contributed by atoms with van der Waals surface area (Å²) in [4.78, 5) is 21.7. The van der Waals surface area contributed by atoms with Crippen LogP contribution in [-0.2, 0) is 41.4 Å². The molecule has 0 fully saturated rings. The van der Waals surface area contributed by atoms with Crippen molar-refractivity contribution in [3.05, 3.63) is 30.3 Å². The first kappa shape index (κ1) is 32.8. The van der Waals surface area contributed by atoms with E-state index in [9.17, 15) is 9.79 Å². The molecule has 0 unspecified atom stereocenters. The van der Waals surface area contributed by atoms with E-state index >= 15 is 0 Å². The van der Waals surface area contributed by atoms with Gasteiger partial charge in [-0.05, 0) is 0 Å². The predicted octanol–water partition coefficient (Wildman–Crippen LogP) is 7.53. The van der Waals surface area contributed by atoms with Crippen LogP contribution in [0.2, 0.25) is 9.62 Å². The summed E-state index contributed by atoms with van der Waals surface area (Å²) in [5, 5.41) is 0. The first-order chi connectivity index (χ1) is 15.4. The zero-order chi connectivity index (χ0) is 23.9. The molecule has 0 aliphatic rings. The van der Waals surface area contributed by atoms with Gasteiger partial charge in [-0.1, -0.05) is 0 Å². The van der Waals surface area contributed by atoms with Crippen LogP contribution in [0, 0.1) is 0 Å². The van der Waals surface area contributed by atoms with E-state index in [0.29, 0.717) is 0 Å². The van der Waals surface area contributed by atoms with Gasteiger partial charge in [0.1, 0.15) is 0 Å². The third kappa shape index (κ3) is 25.5. The summed E-state index contributed by atoms with van der Waals surface area (Å²) in [6, 6.07) is 11.6. The molecule has 0 aromatic heterocycles. The molecule has 186 valence electrons. The Morgan fingerprint density at radius 2 is 0.969 bits per heavy atom. The smallest absolute Gasteiger partial charge is 0.160 e. The van der Waals surface area contributed by atoms with E-state index in [1.807, 2.05) is 0 Å². The largest absolute Gasteiger partial charge is 0.850 e. The molecule has 32 heavy (non-hydrogen) atoms. The van der Waals surface area contributed by atoms with Crippen molar-refractivity contribution < 1.29 is 27.1 Å². The van der Waals surface area contributed by atoms with E-state index in [1.54, 1.807) is 13.6 Å². The summed E-state index contributed by atoms with van der Waals surface area (Å²) in [6.45, 7) is 4.61. The number of benzene rings is 1. The van der Waals surface area contributed by atoms with Gasteiger partial charge in [-0.3, -0.25) is 0 Å². The Balaban J connectivity index is 0.00000172. The van der Waals surface area contributed by atoms with Crippen molar-refractivity contribution in [1.29, 1.82) is 0 Å². The molecular weight excluding hydrogens is 535 g/mol. The monoisotopic (exact) mass is 584 g/mol. The molecule has 0 radical (unpaired) electrons. The summed E-state index contributed by atoms with van der Waals surface area (Å²) >= 11 is 6.21. The van der Waals surface area contributed by atoms with Crippen LogP contribution in [0.4, 0.5) is 0 Å². The van der Waals surface area contributed by atoms with Gasteiger partial charge in [-0.2, -0.15) is 11.8 Å². The Labute approximate surface area is 216 Å². The van der Waals surface area contributed by atoms with Crippen LogP contribution >= 0.6 is 5.69 Å². The minimum Gasteiger partial charge on any atom is -0.850 e. The van der Waals surface area contributed by atoms with Gasteiger partial charge in [0.05, 0.1) is 0 Å². The summed E-state index contributed by atoms with van der Waals surface area (Å²) in [5.74, 6) is 0.